The molecule has 0 aliphatic carbocycles. The number of hydrogen-bond donors (Lipinski definition) is 1. The molecule has 1 amide bonds. The predicted molar refractivity (Wildman–Crippen MR) is 94.2 cm³/mol. The summed E-state index contributed by atoms with van der Waals surface area (Å²) in [6.07, 6.45) is -5.86. The van der Waals surface area contributed by atoms with Gasteiger partial charge >= 0.3 is 12.1 Å². The maximum atomic E-state index is 12.7. The van der Waals surface area contributed by atoms with Gasteiger partial charge in [0.25, 0.3) is 11.6 Å². The van der Waals surface area contributed by atoms with E-state index in [2.05, 4.69) is 5.32 Å². The molecule has 2 rings (SSSR count). The number of nitrogens with zero attached hydrogens (tertiary/aromatic N) is 1. The van der Waals surface area contributed by atoms with Gasteiger partial charge in [-0.05, 0) is 37.3 Å². The Balaban J connectivity index is 1.85. The molecular formula is C18H15F3N2O6. The number of rotatable bonds is 7. The van der Waals surface area contributed by atoms with Crippen LogP contribution in [-0.4, -0.2) is 29.5 Å². The van der Waals surface area contributed by atoms with Crippen LogP contribution in [0.4, 0.5) is 24.5 Å². The lowest BCUT2D eigenvalue weighted by atomic mass is 10.2. The first-order valence-electron chi connectivity index (χ1n) is 8.11. The van der Waals surface area contributed by atoms with Gasteiger partial charge in [0.2, 0.25) is 0 Å². The Bertz CT molecular complexity index is 899. The van der Waals surface area contributed by atoms with Crippen LogP contribution in [0, 0.1) is 10.1 Å². The standard InChI is InChI=1S/C18H15F3N2O6/c1-11(17(25)22-13-4-2-3-12(9-13)18(19,20)21)29-16(24)10-28-15-7-5-14(6-8-15)23(26)27/h2-9,11H,10H2,1H3,(H,22,25)/t11-/m1/s1. The van der Waals surface area contributed by atoms with E-state index >= 15 is 0 Å². The highest BCUT2D eigenvalue weighted by Crippen LogP contribution is 2.30. The fourth-order valence-corrected chi connectivity index (χ4v) is 2.11. The van der Waals surface area contributed by atoms with E-state index in [1.165, 1.54) is 37.3 Å². The first-order valence-corrected chi connectivity index (χ1v) is 8.11. The molecule has 0 unspecified atom stereocenters. The quantitative estimate of drug-likeness (QED) is 0.423. The van der Waals surface area contributed by atoms with Gasteiger partial charge in [0, 0.05) is 17.8 Å². The van der Waals surface area contributed by atoms with Crippen LogP contribution >= 0.6 is 0 Å². The van der Waals surface area contributed by atoms with Crippen LogP contribution in [-0.2, 0) is 20.5 Å². The Hall–Kier alpha value is -3.63. The third-order valence-corrected chi connectivity index (χ3v) is 3.54. The van der Waals surface area contributed by atoms with E-state index in [9.17, 15) is 32.9 Å². The van der Waals surface area contributed by atoms with E-state index in [0.717, 1.165) is 18.2 Å². The van der Waals surface area contributed by atoms with Crippen molar-refractivity contribution >= 4 is 23.3 Å². The van der Waals surface area contributed by atoms with Gasteiger partial charge in [-0.3, -0.25) is 14.9 Å². The number of nitro groups is 1. The molecule has 0 spiro atoms. The monoisotopic (exact) mass is 412 g/mol. The van der Waals surface area contributed by atoms with Gasteiger partial charge in [-0.15, -0.1) is 0 Å². The van der Waals surface area contributed by atoms with Crippen LogP contribution in [0.3, 0.4) is 0 Å². The van der Waals surface area contributed by atoms with Crippen molar-refractivity contribution in [3.8, 4) is 5.75 Å². The topological polar surface area (TPSA) is 108 Å². The van der Waals surface area contributed by atoms with Crippen LogP contribution in [0.5, 0.6) is 5.75 Å². The van der Waals surface area contributed by atoms with Crippen molar-refractivity contribution in [3.05, 3.63) is 64.2 Å². The minimum atomic E-state index is -4.56. The summed E-state index contributed by atoms with van der Waals surface area (Å²) in [5.74, 6) is -1.56. The van der Waals surface area contributed by atoms with Gasteiger partial charge in [-0.25, -0.2) is 4.79 Å². The SMILES string of the molecule is C[C@@H](OC(=O)COc1ccc([N+](=O)[O-])cc1)C(=O)Nc1cccc(C(F)(F)F)c1. The summed E-state index contributed by atoms with van der Waals surface area (Å²) in [4.78, 5) is 33.7. The number of nitrogens with one attached hydrogen (secondary N) is 1. The van der Waals surface area contributed by atoms with E-state index in [1.54, 1.807) is 0 Å². The molecule has 0 aliphatic rings. The van der Waals surface area contributed by atoms with Crippen LogP contribution in [0.2, 0.25) is 0 Å². The average molecular weight is 412 g/mol. The summed E-state index contributed by atoms with van der Waals surface area (Å²) in [6, 6.07) is 8.95. The maximum absolute atomic E-state index is 12.7. The number of ether oxygens (including phenoxy) is 2. The van der Waals surface area contributed by atoms with Gasteiger partial charge in [0.15, 0.2) is 12.7 Å². The average Bonchev–Trinajstić information content (AvgIpc) is 2.66. The van der Waals surface area contributed by atoms with Crippen molar-refractivity contribution < 1.29 is 37.2 Å². The summed E-state index contributed by atoms with van der Waals surface area (Å²) in [6.45, 7) is 0.672. The number of alkyl halides is 3. The molecular weight excluding hydrogens is 397 g/mol. The number of amides is 1. The second-order valence-electron chi connectivity index (χ2n) is 5.74. The molecule has 8 nitrogen and oxygen atoms in total. The van der Waals surface area contributed by atoms with Crippen LogP contribution in [0.1, 0.15) is 12.5 Å². The highest BCUT2D eigenvalue weighted by atomic mass is 19.4. The lowest BCUT2D eigenvalue weighted by Gasteiger charge is -2.15. The van der Waals surface area contributed by atoms with Crippen molar-refractivity contribution in [2.45, 2.75) is 19.2 Å². The summed E-state index contributed by atoms with van der Waals surface area (Å²) >= 11 is 0. The molecule has 0 bridgehead atoms. The molecule has 0 aromatic heterocycles. The van der Waals surface area contributed by atoms with Gasteiger partial charge in [0.1, 0.15) is 5.75 Å². The minimum absolute atomic E-state index is 0.102. The van der Waals surface area contributed by atoms with E-state index in [4.69, 9.17) is 9.47 Å². The molecule has 154 valence electrons. The lowest BCUT2D eigenvalue weighted by Crippen LogP contribution is -2.31. The molecule has 1 atom stereocenters. The van der Waals surface area contributed by atoms with Gasteiger partial charge < -0.3 is 14.8 Å². The Kier molecular flexibility index (Phi) is 6.75. The third kappa shape index (κ3) is 6.48. The van der Waals surface area contributed by atoms with Crippen LogP contribution in [0.15, 0.2) is 48.5 Å². The molecule has 11 heteroatoms. The van der Waals surface area contributed by atoms with E-state index in [0.29, 0.717) is 0 Å². The van der Waals surface area contributed by atoms with Crippen molar-refractivity contribution in [3.63, 3.8) is 0 Å². The first kappa shape index (κ1) is 21.7. The smallest absolute Gasteiger partial charge is 0.416 e. The second kappa shape index (κ2) is 9.04. The zero-order chi connectivity index (χ0) is 21.6. The molecule has 0 heterocycles. The number of benzene rings is 2. The number of nitro benzene ring substituents is 1. The van der Waals surface area contributed by atoms with Crippen molar-refractivity contribution in [2.75, 3.05) is 11.9 Å². The van der Waals surface area contributed by atoms with Crippen molar-refractivity contribution in [1.29, 1.82) is 0 Å². The summed E-state index contributed by atoms with van der Waals surface area (Å²) in [5, 5.41) is 12.8. The van der Waals surface area contributed by atoms with Gasteiger partial charge in [-0.1, -0.05) is 6.07 Å². The Morgan fingerprint density at radius 3 is 2.41 bits per heavy atom. The molecule has 2 aromatic rings. The van der Waals surface area contributed by atoms with E-state index in [-0.39, 0.29) is 17.1 Å². The molecule has 0 saturated carbocycles. The minimum Gasteiger partial charge on any atom is -0.482 e. The zero-order valence-electron chi connectivity index (χ0n) is 14.9. The number of carbonyl (C=O) groups is 2. The Morgan fingerprint density at radius 1 is 1.17 bits per heavy atom. The Morgan fingerprint density at radius 2 is 1.83 bits per heavy atom. The number of halogens is 3. The van der Waals surface area contributed by atoms with Crippen molar-refractivity contribution in [1.82, 2.24) is 0 Å². The van der Waals surface area contributed by atoms with Crippen LogP contribution in [0.25, 0.3) is 0 Å². The number of carbonyl (C=O) groups excluding carboxylic acids is 2. The highest BCUT2D eigenvalue weighted by molar-refractivity contribution is 5.95. The predicted octanol–water partition coefficient (Wildman–Crippen LogP) is 3.56. The van der Waals surface area contributed by atoms with Crippen molar-refractivity contribution in [2.24, 2.45) is 0 Å². The number of hydrogen-bond acceptors (Lipinski definition) is 6. The number of esters is 1. The highest BCUT2D eigenvalue weighted by Gasteiger charge is 2.30. The second-order valence-corrected chi connectivity index (χ2v) is 5.74. The first-order chi connectivity index (χ1) is 13.6. The normalized spacial score (nSPS) is 12.0. The molecule has 29 heavy (non-hydrogen) atoms. The summed E-state index contributed by atoms with van der Waals surface area (Å²) < 4.78 is 48.0. The summed E-state index contributed by atoms with van der Waals surface area (Å²) in [7, 11) is 0. The van der Waals surface area contributed by atoms with Gasteiger partial charge in [0.05, 0.1) is 10.5 Å². The maximum Gasteiger partial charge on any atom is 0.416 e. The molecule has 2 aromatic carbocycles. The number of non-ortho nitro benzene ring substituents is 1. The summed E-state index contributed by atoms with van der Waals surface area (Å²) in [5.41, 5.74) is -1.19. The number of anilines is 1. The third-order valence-electron chi connectivity index (χ3n) is 3.54. The Labute approximate surface area is 162 Å². The zero-order valence-corrected chi connectivity index (χ0v) is 14.9. The molecule has 0 radical (unpaired) electrons. The van der Waals surface area contributed by atoms with Gasteiger partial charge in [-0.2, -0.15) is 13.2 Å². The molecule has 1 N–H and O–H groups in total. The fourth-order valence-electron chi connectivity index (χ4n) is 2.11. The van der Waals surface area contributed by atoms with E-state index < -0.39 is 41.3 Å². The fraction of sp³-hybridized carbons (Fsp3) is 0.222. The molecule has 0 aliphatic heterocycles. The lowest BCUT2D eigenvalue weighted by molar-refractivity contribution is -0.384. The largest absolute Gasteiger partial charge is 0.482 e. The molecule has 0 saturated heterocycles. The van der Waals surface area contributed by atoms with E-state index in [1.807, 2.05) is 0 Å². The molecule has 0 fully saturated rings. The van der Waals surface area contributed by atoms with Crippen LogP contribution < -0.4 is 10.1 Å².